The van der Waals surface area contributed by atoms with Crippen molar-refractivity contribution < 1.29 is 4.39 Å². The van der Waals surface area contributed by atoms with E-state index in [1.165, 1.54) is 18.4 Å². The monoisotopic (exact) mass is 342 g/mol. The molecule has 0 spiro atoms. The fraction of sp³-hybridized carbons (Fsp3) is 0.350. The van der Waals surface area contributed by atoms with Crippen molar-refractivity contribution in [3.63, 3.8) is 0 Å². The lowest BCUT2D eigenvalue weighted by Crippen LogP contribution is -2.47. The number of hydrogen-bond acceptors (Lipinski definition) is 2. The van der Waals surface area contributed by atoms with E-state index in [1.54, 1.807) is 12.3 Å². The van der Waals surface area contributed by atoms with Crippen LogP contribution in [-0.2, 0) is 6.54 Å². The molecular weight excluding hydrogens is 323 g/mol. The smallest absolute Gasteiger partial charge is 0.167 e. The maximum atomic E-state index is 14.4. The van der Waals surface area contributed by atoms with Crippen molar-refractivity contribution >= 4 is 17.2 Å². The van der Waals surface area contributed by atoms with Crippen LogP contribution in [0.15, 0.2) is 48.7 Å². The quantitative estimate of drug-likeness (QED) is 0.723. The number of benzene rings is 1. The first-order valence-electron chi connectivity index (χ1n) is 8.53. The molecule has 1 saturated heterocycles. The van der Waals surface area contributed by atoms with Gasteiger partial charge in [0.25, 0.3) is 0 Å². The number of piperidine rings is 1. The number of hydrogen-bond donors (Lipinski definition) is 0. The highest BCUT2D eigenvalue weighted by molar-refractivity contribution is 6.29. The largest absolute Gasteiger partial charge is 0.289 e. The van der Waals surface area contributed by atoms with Crippen molar-refractivity contribution in [3.8, 4) is 0 Å². The minimum atomic E-state index is -0.389. The van der Waals surface area contributed by atoms with E-state index in [0.29, 0.717) is 17.6 Å². The molecule has 2 aliphatic heterocycles. The molecule has 2 atom stereocenters. The van der Waals surface area contributed by atoms with Gasteiger partial charge in [0.15, 0.2) is 11.0 Å². The lowest BCUT2D eigenvalue weighted by atomic mass is 9.82. The molecule has 1 aromatic heterocycles. The summed E-state index contributed by atoms with van der Waals surface area (Å²) in [5.74, 6) is -0.389. The highest BCUT2D eigenvalue weighted by atomic mass is 35.5. The number of nitrogens with zero attached hydrogens (tertiary/aromatic N) is 2. The van der Waals surface area contributed by atoms with Crippen LogP contribution in [0.4, 0.5) is 4.39 Å². The lowest BCUT2D eigenvalue weighted by molar-refractivity contribution is 0.0950. The highest BCUT2D eigenvalue weighted by Gasteiger charge is 2.34. The number of pyridine rings is 1. The van der Waals surface area contributed by atoms with Gasteiger partial charge in [0.2, 0.25) is 0 Å². The molecule has 124 valence electrons. The van der Waals surface area contributed by atoms with Gasteiger partial charge in [0, 0.05) is 30.4 Å². The fourth-order valence-corrected chi connectivity index (χ4v) is 4.18. The predicted octanol–water partition coefficient (Wildman–Crippen LogP) is 5.08. The van der Waals surface area contributed by atoms with Crippen LogP contribution in [0.5, 0.6) is 0 Å². The molecule has 0 saturated carbocycles. The molecule has 1 fully saturated rings. The summed E-state index contributed by atoms with van der Waals surface area (Å²) in [4.78, 5) is 6.40. The molecule has 0 N–H and O–H groups in total. The van der Waals surface area contributed by atoms with Gasteiger partial charge in [0.1, 0.15) is 0 Å². The van der Waals surface area contributed by atoms with Crippen LogP contribution < -0.4 is 0 Å². The van der Waals surface area contributed by atoms with Gasteiger partial charge in [-0.05, 0) is 36.5 Å². The molecule has 4 heteroatoms. The minimum Gasteiger partial charge on any atom is -0.289 e. The van der Waals surface area contributed by atoms with E-state index in [1.807, 2.05) is 0 Å². The van der Waals surface area contributed by atoms with Gasteiger partial charge >= 0.3 is 0 Å². The van der Waals surface area contributed by atoms with E-state index in [2.05, 4.69) is 46.3 Å². The Bertz CT molecular complexity index is 759. The van der Waals surface area contributed by atoms with Crippen LogP contribution in [0.1, 0.15) is 36.8 Å². The first kappa shape index (κ1) is 15.8. The Labute approximate surface area is 147 Å². The Morgan fingerprint density at radius 2 is 2.00 bits per heavy atom. The third-order valence-corrected chi connectivity index (χ3v) is 5.45. The summed E-state index contributed by atoms with van der Waals surface area (Å²) >= 11 is 5.87. The van der Waals surface area contributed by atoms with Gasteiger partial charge in [-0.1, -0.05) is 54.4 Å². The zero-order valence-electron chi connectivity index (χ0n) is 13.5. The van der Waals surface area contributed by atoms with Crippen molar-refractivity contribution in [2.24, 2.45) is 0 Å². The number of fused-ring (bicyclic) bond motifs is 2. The first-order chi connectivity index (χ1) is 11.7. The first-order valence-corrected chi connectivity index (χ1v) is 8.91. The molecule has 3 heterocycles. The van der Waals surface area contributed by atoms with Crippen LogP contribution in [-0.4, -0.2) is 22.0 Å². The van der Waals surface area contributed by atoms with E-state index >= 15 is 0 Å². The predicted molar refractivity (Wildman–Crippen MR) is 95.2 cm³/mol. The molecule has 2 bridgehead atoms. The number of aromatic nitrogens is 1. The Balaban J connectivity index is 1.64. The van der Waals surface area contributed by atoms with Crippen LogP contribution in [0.2, 0.25) is 5.15 Å². The molecule has 4 rings (SSSR count). The third kappa shape index (κ3) is 2.99. The molecule has 1 aromatic carbocycles. The third-order valence-electron chi connectivity index (χ3n) is 5.18. The van der Waals surface area contributed by atoms with Crippen LogP contribution in [0.25, 0.3) is 5.57 Å². The van der Waals surface area contributed by atoms with E-state index < -0.39 is 0 Å². The van der Waals surface area contributed by atoms with Crippen LogP contribution in [0.3, 0.4) is 0 Å². The van der Waals surface area contributed by atoms with Crippen LogP contribution >= 0.6 is 11.6 Å². The van der Waals surface area contributed by atoms with E-state index in [0.717, 1.165) is 25.0 Å². The summed E-state index contributed by atoms with van der Waals surface area (Å²) < 4.78 is 14.4. The summed E-state index contributed by atoms with van der Waals surface area (Å²) in [6.45, 7) is 0.958. The standard InChI is InChI=1S/C20H20ClFN2/c21-20-19(22)18(9-10-23-20)15-11-16-7-4-8-17(12-15)24(16)13-14-5-2-1-3-6-14/h1-3,5-6,9-11,16-17H,4,7-8,12-13H2. The van der Waals surface area contributed by atoms with Crippen molar-refractivity contribution in [1.82, 2.24) is 9.88 Å². The average Bonchev–Trinajstić information content (AvgIpc) is 2.58. The summed E-state index contributed by atoms with van der Waals surface area (Å²) in [6.07, 6.45) is 8.25. The summed E-state index contributed by atoms with van der Waals surface area (Å²) in [7, 11) is 0. The fourth-order valence-electron chi connectivity index (χ4n) is 4.02. The van der Waals surface area contributed by atoms with Gasteiger partial charge < -0.3 is 0 Å². The number of rotatable bonds is 3. The molecule has 0 radical (unpaired) electrons. The normalized spacial score (nSPS) is 23.8. The van der Waals surface area contributed by atoms with Crippen molar-refractivity contribution in [2.45, 2.75) is 44.3 Å². The molecular formula is C20H20ClFN2. The topological polar surface area (TPSA) is 16.1 Å². The van der Waals surface area contributed by atoms with Gasteiger partial charge in [-0.25, -0.2) is 9.37 Å². The number of halogens is 2. The summed E-state index contributed by atoms with van der Waals surface area (Å²) in [6, 6.07) is 13.2. The minimum absolute atomic E-state index is 0.0368. The summed E-state index contributed by atoms with van der Waals surface area (Å²) in [5.41, 5.74) is 3.03. The second-order valence-electron chi connectivity index (χ2n) is 6.67. The maximum absolute atomic E-state index is 14.4. The Morgan fingerprint density at radius 3 is 2.79 bits per heavy atom. The van der Waals surface area contributed by atoms with Gasteiger partial charge in [-0.15, -0.1) is 0 Å². The second kappa shape index (κ2) is 6.66. The average molecular weight is 343 g/mol. The lowest BCUT2D eigenvalue weighted by Gasteiger charge is -2.45. The van der Waals surface area contributed by atoms with E-state index in [9.17, 15) is 4.39 Å². The molecule has 0 amide bonds. The Hall–Kier alpha value is -1.71. The zero-order chi connectivity index (χ0) is 16.5. The molecule has 2 nitrogen and oxygen atoms in total. The molecule has 0 aliphatic carbocycles. The van der Waals surface area contributed by atoms with Gasteiger partial charge in [-0.3, -0.25) is 4.90 Å². The molecule has 2 aliphatic rings. The van der Waals surface area contributed by atoms with Crippen LogP contribution in [0, 0.1) is 5.82 Å². The summed E-state index contributed by atoms with van der Waals surface area (Å²) in [5, 5.41) is -0.0368. The molecule has 2 aromatic rings. The van der Waals surface area contributed by atoms with Gasteiger partial charge in [-0.2, -0.15) is 0 Å². The van der Waals surface area contributed by atoms with E-state index in [-0.39, 0.29) is 11.0 Å². The Kier molecular flexibility index (Phi) is 4.38. The maximum Gasteiger partial charge on any atom is 0.167 e. The van der Waals surface area contributed by atoms with Gasteiger partial charge in [0.05, 0.1) is 0 Å². The van der Waals surface area contributed by atoms with Crippen molar-refractivity contribution in [3.05, 3.63) is 70.8 Å². The highest BCUT2D eigenvalue weighted by Crippen LogP contribution is 2.39. The van der Waals surface area contributed by atoms with Crippen molar-refractivity contribution in [1.29, 1.82) is 0 Å². The van der Waals surface area contributed by atoms with E-state index in [4.69, 9.17) is 11.6 Å². The molecule has 2 unspecified atom stereocenters. The van der Waals surface area contributed by atoms with Crippen molar-refractivity contribution in [2.75, 3.05) is 0 Å². The zero-order valence-corrected chi connectivity index (χ0v) is 14.2. The molecule has 24 heavy (non-hydrogen) atoms. The second-order valence-corrected chi connectivity index (χ2v) is 7.03. The Morgan fingerprint density at radius 1 is 1.17 bits per heavy atom. The SMILES string of the molecule is Fc1c(C2=CC3CCCC(C2)N3Cc2ccccc2)ccnc1Cl.